The van der Waals surface area contributed by atoms with Crippen molar-refractivity contribution in [2.75, 3.05) is 6.54 Å². The molecule has 1 fully saturated rings. The van der Waals surface area contributed by atoms with Gasteiger partial charge in [-0.1, -0.05) is 26.0 Å². The Morgan fingerprint density at radius 3 is 2.84 bits per heavy atom. The Morgan fingerprint density at radius 1 is 1.37 bits per heavy atom. The molecule has 1 N–H and O–H groups in total. The predicted molar refractivity (Wildman–Crippen MR) is 87.5 cm³/mol. The van der Waals surface area contributed by atoms with Crippen LogP contribution in [-0.4, -0.2) is 6.54 Å². The van der Waals surface area contributed by atoms with Gasteiger partial charge in [-0.25, -0.2) is 0 Å². The Labute approximate surface area is 128 Å². The highest BCUT2D eigenvalue weighted by molar-refractivity contribution is 14.1. The maximum absolute atomic E-state index is 6.14. The van der Waals surface area contributed by atoms with Gasteiger partial charge in [-0.15, -0.1) is 0 Å². The molecule has 3 heteroatoms. The number of fused-ring (bicyclic) bond motifs is 1. The number of para-hydroxylation sites is 1. The molecule has 0 saturated heterocycles. The van der Waals surface area contributed by atoms with E-state index in [0.717, 1.165) is 30.4 Å². The second-order valence-corrected chi connectivity index (χ2v) is 7.02. The van der Waals surface area contributed by atoms with Crippen molar-refractivity contribution in [3.05, 3.63) is 33.1 Å². The third-order valence-corrected chi connectivity index (χ3v) is 4.46. The molecule has 1 aliphatic carbocycles. The standard InChI is InChI=1S/C16H20INO/c1-10(2)8-18-9-14-15(11-6-7-11)12-4-3-5-13(17)16(12)19-14/h3-5,10-11,18H,6-9H2,1-2H3. The summed E-state index contributed by atoms with van der Waals surface area (Å²) in [5.41, 5.74) is 2.54. The average molecular weight is 369 g/mol. The van der Waals surface area contributed by atoms with Crippen LogP contribution in [0.15, 0.2) is 22.6 Å². The Hall–Kier alpha value is -0.550. The van der Waals surface area contributed by atoms with E-state index in [0.29, 0.717) is 5.92 Å². The molecule has 2 nitrogen and oxygen atoms in total. The topological polar surface area (TPSA) is 25.2 Å². The van der Waals surface area contributed by atoms with E-state index in [1.807, 2.05) is 0 Å². The smallest absolute Gasteiger partial charge is 0.147 e. The molecule has 0 aliphatic heterocycles. The van der Waals surface area contributed by atoms with Crippen LogP contribution in [-0.2, 0) is 6.54 Å². The first-order chi connectivity index (χ1) is 9.16. The second kappa shape index (κ2) is 5.44. The van der Waals surface area contributed by atoms with E-state index >= 15 is 0 Å². The highest BCUT2D eigenvalue weighted by Gasteiger charge is 2.30. The van der Waals surface area contributed by atoms with E-state index in [9.17, 15) is 0 Å². The fourth-order valence-electron chi connectivity index (χ4n) is 2.58. The van der Waals surface area contributed by atoms with Gasteiger partial charge in [-0.3, -0.25) is 0 Å². The van der Waals surface area contributed by atoms with Crippen LogP contribution in [0.2, 0.25) is 0 Å². The van der Waals surface area contributed by atoms with Crippen molar-refractivity contribution in [1.82, 2.24) is 5.32 Å². The molecule has 1 aromatic carbocycles. The number of benzene rings is 1. The maximum atomic E-state index is 6.14. The third-order valence-electron chi connectivity index (χ3n) is 3.61. The van der Waals surface area contributed by atoms with Gasteiger partial charge >= 0.3 is 0 Å². The van der Waals surface area contributed by atoms with Crippen molar-refractivity contribution < 1.29 is 4.42 Å². The summed E-state index contributed by atoms with van der Waals surface area (Å²) >= 11 is 2.37. The average Bonchev–Trinajstić information content (AvgIpc) is 3.11. The lowest BCUT2D eigenvalue weighted by Crippen LogP contribution is -2.19. The van der Waals surface area contributed by atoms with E-state index in [2.05, 4.69) is 60.0 Å². The van der Waals surface area contributed by atoms with Gasteiger partial charge in [0, 0.05) is 10.9 Å². The van der Waals surface area contributed by atoms with Crippen molar-refractivity contribution >= 4 is 33.6 Å². The minimum Gasteiger partial charge on any atom is -0.458 e. The lowest BCUT2D eigenvalue weighted by molar-refractivity contribution is 0.480. The Balaban J connectivity index is 1.93. The first-order valence-corrected chi connectivity index (χ1v) is 8.15. The van der Waals surface area contributed by atoms with Crippen LogP contribution < -0.4 is 5.32 Å². The normalized spacial score (nSPS) is 15.6. The molecule has 0 bridgehead atoms. The Morgan fingerprint density at radius 2 is 2.16 bits per heavy atom. The molecule has 1 heterocycles. The minimum absolute atomic E-state index is 0.675. The summed E-state index contributed by atoms with van der Waals surface area (Å²) in [5, 5.41) is 4.84. The highest BCUT2D eigenvalue weighted by Crippen LogP contribution is 2.46. The van der Waals surface area contributed by atoms with Crippen LogP contribution in [0.3, 0.4) is 0 Å². The van der Waals surface area contributed by atoms with Gasteiger partial charge in [0.2, 0.25) is 0 Å². The summed E-state index contributed by atoms with van der Waals surface area (Å²) in [7, 11) is 0. The van der Waals surface area contributed by atoms with Gasteiger partial charge in [0.1, 0.15) is 11.3 Å². The molecule has 1 saturated carbocycles. The summed E-state index contributed by atoms with van der Waals surface area (Å²) in [4.78, 5) is 0. The molecule has 0 amide bonds. The molecule has 1 aromatic heterocycles. The molecule has 3 rings (SSSR count). The number of rotatable bonds is 5. The highest BCUT2D eigenvalue weighted by atomic mass is 127. The van der Waals surface area contributed by atoms with Crippen molar-refractivity contribution in [1.29, 1.82) is 0 Å². The molecule has 19 heavy (non-hydrogen) atoms. The number of hydrogen-bond donors (Lipinski definition) is 1. The molecule has 102 valence electrons. The lowest BCUT2D eigenvalue weighted by Gasteiger charge is -2.06. The van der Waals surface area contributed by atoms with Gasteiger partial charge in [0.15, 0.2) is 0 Å². The third kappa shape index (κ3) is 2.82. The van der Waals surface area contributed by atoms with Crippen molar-refractivity contribution in [3.63, 3.8) is 0 Å². The summed E-state index contributed by atoms with van der Waals surface area (Å²) in [5.74, 6) is 2.56. The van der Waals surface area contributed by atoms with Gasteiger partial charge in [0.05, 0.1) is 10.1 Å². The zero-order valence-electron chi connectivity index (χ0n) is 11.5. The van der Waals surface area contributed by atoms with Crippen LogP contribution in [0.25, 0.3) is 11.0 Å². The molecule has 2 aromatic rings. The van der Waals surface area contributed by atoms with Gasteiger partial charge < -0.3 is 9.73 Å². The maximum Gasteiger partial charge on any atom is 0.147 e. The van der Waals surface area contributed by atoms with Crippen molar-refractivity contribution in [2.45, 2.75) is 39.2 Å². The van der Waals surface area contributed by atoms with E-state index in [1.165, 1.54) is 27.4 Å². The van der Waals surface area contributed by atoms with Crippen molar-refractivity contribution in [3.8, 4) is 0 Å². The summed E-state index contributed by atoms with van der Waals surface area (Å²) < 4.78 is 7.36. The molecule has 0 spiro atoms. The number of halogens is 1. The van der Waals surface area contributed by atoms with Gasteiger partial charge in [-0.2, -0.15) is 0 Å². The molecular formula is C16H20INO. The van der Waals surface area contributed by atoms with E-state index in [-0.39, 0.29) is 0 Å². The number of furan rings is 1. The first-order valence-electron chi connectivity index (χ1n) is 7.07. The van der Waals surface area contributed by atoms with E-state index < -0.39 is 0 Å². The minimum atomic E-state index is 0.675. The molecular weight excluding hydrogens is 349 g/mol. The van der Waals surface area contributed by atoms with Crippen LogP contribution >= 0.6 is 22.6 Å². The van der Waals surface area contributed by atoms with Gasteiger partial charge in [0.25, 0.3) is 0 Å². The lowest BCUT2D eigenvalue weighted by atomic mass is 10.1. The molecule has 0 radical (unpaired) electrons. The largest absolute Gasteiger partial charge is 0.458 e. The zero-order chi connectivity index (χ0) is 13.4. The zero-order valence-corrected chi connectivity index (χ0v) is 13.7. The molecule has 1 aliphatic rings. The van der Waals surface area contributed by atoms with Crippen LogP contribution in [0, 0.1) is 9.49 Å². The van der Waals surface area contributed by atoms with Crippen molar-refractivity contribution in [2.24, 2.45) is 5.92 Å². The predicted octanol–water partition coefficient (Wildman–Crippen LogP) is 4.66. The van der Waals surface area contributed by atoms with Gasteiger partial charge in [-0.05, 0) is 59.9 Å². The first kappa shape index (κ1) is 13.4. The van der Waals surface area contributed by atoms with Crippen LogP contribution in [0.4, 0.5) is 0 Å². The van der Waals surface area contributed by atoms with E-state index in [4.69, 9.17) is 4.42 Å². The van der Waals surface area contributed by atoms with Crippen LogP contribution in [0.5, 0.6) is 0 Å². The number of hydrogen-bond acceptors (Lipinski definition) is 2. The fourth-order valence-corrected chi connectivity index (χ4v) is 3.19. The summed E-state index contributed by atoms with van der Waals surface area (Å²) in [6, 6.07) is 6.46. The Bertz CT molecular complexity index is 584. The van der Waals surface area contributed by atoms with E-state index in [1.54, 1.807) is 0 Å². The quantitative estimate of drug-likeness (QED) is 0.776. The monoisotopic (exact) mass is 369 g/mol. The second-order valence-electron chi connectivity index (χ2n) is 5.85. The summed E-state index contributed by atoms with van der Waals surface area (Å²) in [6.45, 7) is 6.36. The number of nitrogens with one attached hydrogen (secondary N) is 1. The SMILES string of the molecule is CC(C)CNCc1oc2c(I)cccc2c1C1CC1. The molecule has 0 unspecified atom stereocenters. The summed E-state index contributed by atoms with van der Waals surface area (Å²) in [6.07, 6.45) is 2.63. The molecule has 0 atom stereocenters. The van der Waals surface area contributed by atoms with Crippen LogP contribution in [0.1, 0.15) is 43.9 Å². The Kier molecular flexibility index (Phi) is 3.85. The fraction of sp³-hybridized carbons (Fsp3) is 0.500.